The van der Waals surface area contributed by atoms with E-state index < -0.39 is 0 Å². The highest BCUT2D eigenvalue weighted by molar-refractivity contribution is 7.81. The molecule has 0 unspecified atom stereocenters. The lowest BCUT2D eigenvalue weighted by Gasteiger charge is -2.01. The Labute approximate surface area is 135 Å². The fraction of sp³-hybridized carbons (Fsp3) is 0.105. The van der Waals surface area contributed by atoms with Gasteiger partial charge in [0.05, 0.1) is 11.1 Å². The molecule has 0 radical (unpaired) electrons. The Kier molecular flexibility index (Phi) is 5.20. The first kappa shape index (κ1) is 15.6. The van der Waals surface area contributed by atoms with Crippen LogP contribution < -0.4 is 0 Å². The average molecular weight is 302 g/mol. The van der Waals surface area contributed by atoms with E-state index >= 15 is 0 Å². The summed E-state index contributed by atoms with van der Waals surface area (Å²) < 4.78 is 0. The largest absolute Gasteiger partial charge is 0.192 e. The zero-order chi connectivity index (χ0) is 15.9. The number of nitrogens with zero attached hydrogens (tertiary/aromatic N) is 2. The third-order valence-corrected chi connectivity index (χ3v) is 3.73. The Morgan fingerprint density at radius 2 is 1.73 bits per heavy atom. The van der Waals surface area contributed by atoms with Gasteiger partial charge in [-0.25, -0.2) is 0 Å². The van der Waals surface area contributed by atoms with Crippen LogP contribution in [-0.2, 0) is 6.42 Å². The summed E-state index contributed by atoms with van der Waals surface area (Å²) in [6, 6.07) is 17.4. The Balaban J connectivity index is 2.19. The molecule has 2 aromatic carbocycles. The topological polar surface area (TPSA) is 47.6 Å². The van der Waals surface area contributed by atoms with Crippen molar-refractivity contribution >= 4 is 23.2 Å². The first-order chi connectivity index (χ1) is 10.7. The molecule has 0 fully saturated rings. The first-order valence-electron chi connectivity index (χ1n) is 6.93. The number of allylic oxidation sites excluding steroid dienone is 1. The van der Waals surface area contributed by atoms with E-state index in [2.05, 4.69) is 19.1 Å². The van der Waals surface area contributed by atoms with Crippen LogP contribution in [0.2, 0.25) is 0 Å². The minimum atomic E-state index is 0.378. The number of hydrogen-bond donors (Lipinski definition) is 0. The van der Waals surface area contributed by atoms with E-state index in [1.807, 2.05) is 36.4 Å². The van der Waals surface area contributed by atoms with Crippen molar-refractivity contribution < 1.29 is 0 Å². The second kappa shape index (κ2) is 7.31. The van der Waals surface area contributed by atoms with Crippen molar-refractivity contribution in [2.24, 2.45) is 0 Å². The second-order valence-corrected chi connectivity index (χ2v) is 5.22. The molecule has 0 aromatic heterocycles. The molecule has 0 N–H and O–H groups in total. The number of rotatable bonds is 4. The molecule has 0 spiro atoms. The van der Waals surface area contributed by atoms with Crippen LogP contribution in [0, 0.1) is 22.7 Å². The van der Waals surface area contributed by atoms with Crippen LogP contribution in [0.5, 0.6) is 0 Å². The SMILES string of the molecule is CCc1ccc(C(=S)C=Cc2ccc(C#N)c(C#N)c2)cc1. The molecule has 2 rings (SSSR count). The van der Waals surface area contributed by atoms with Crippen molar-refractivity contribution in [1.82, 2.24) is 0 Å². The molecule has 0 atom stereocenters. The number of nitriles is 2. The minimum absolute atomic E-state index is 0.378. The summed E-state index contributed by atoms with van der Waals surface area (Å²) in [7, 11) is 0. The van der Waals surface area contributed by atoms with Crippen molar-refractivity contribution in [2.45, 2.75) is 13.3 Å². The van der Waals surface area contributed by atoms with Gasteiger partial charge in [0.25, 0.3) is 0 Å². The number of thiocarbonyl (C=S) groups is 1. The van der Waals surface area contributed by atoms with Crippen LogP contribution in [-0.4, -0.2) is 4.86 Å². The highest BCUT2D eigenvalue weighted by Crippen LogP contribution is 2.13. The third-order valence-electron chi connectivity index (χ3n) is 3.36. The van der Waals surface area contributed by atoms with Gasteiger partial charge in [0.15, 0.2) is 0 Å². The van der Waals surface area contributed by atoms with Crippen LogP contribution in [0.3, 0.4) is 0 Å². The maximum absolute atomic E-state index is 9.03. The van der Waals surface area contributed by atoms with Gasteiger partial charge in [-0.2, -0.15) is 10.5 Å². The molecule has 0 heterocycles. The molecule has 22 heavy (non-hydrogen) atoms. The summed E-state index contributed by atoms with van der Waals surface area (Å²) in [5, 5.41) is 17.9. The molecule has 0 aliphatic rings. The monoisotopic (exact) mass is 302 g/mol. The van der Waals surface area contributed by atoms with E-state index in [-0.39, 0.29) is 0 Å². The van der Waals surface area contributed by atoms with Crippen molar-refractivity contribution in [3.63, 3.8) is 0 Å². The van der Waals surface area contributed by atoms with Gasteiger partial charge in [0.1, 0.15) is 12.1 Å². The van der Waals surface area contributed by atoms with Crippen LogP contribution in [0.25, 0.3) is 6.08 Å². The van der Waals surface area contributed by atoms with Crippen molar-refractivity contribution in [3.05, 3.63) is 76.4 Å². The zero-order valence-electron chi connectivity index (χ0n) is 12.2. The number of benzene rings is 2. The van der Waals surface area contributed by atoms with Crippen LogP contribution in [0.15, 0.2) is 48.5 Å². The quantitative estimate of drug-likeness (QED) is 0.477. The zero-order valence-corrected chi connectivity index (χ0v) is 13.0. The van der Waals surface area contributed by atoms with Gasteiger partial charge in [-0.15, -0.1) is 0 Å². The molecular weight excluding hydrogens is 288 g/mol. The molecule has 0 aliphatic heterocycles. The van der Waals surface area contributed by atoms with E-state index in [4.69, 9.17) is 22.7 Å². The summed E-state index contributed by atoms with van der Waals surface area (Å²) in [6.07, 6.45) is 4.71. The molecular formula is C19H14N2S. The third kappa shape index (κ3) is 3.67. The Hall–Kier alpha value is -2.75. The first-order valence-corrected chi connectivity index (χ1v) is 7.34. The lowest BCUT2D eigenvalue weighted by atomic mass is 10.0. The Bertz CT molecular complexity index is 803. The summed E-state index contributed by atoms with van der Waals surface area (Å²) >= 11 is 5.40. The van der Waals surface area contributed by atoms with Crippen LogP contribution in [0.1, 0.15) is 34.7 Å². The predicted molar refractivity (Wildman–Crippen MR) is 92.4 cm³/mol. The molecule has 0 saturated carbocycles. The maximum Gasteiger partial charge on any atom is 0.101 e. The highest BCUT2D eigenvalue weighted by atomic mass is 32.1. The standard InChI is InChI=1S/C19H14N2S/c1-2-14-3-7-16(8-4-14)19(22)10-6-15-5-9-17(12-20)18(11-15)13-21/h3-11H,2H2,1H3. The smallest absolute Gasteiger partial charge is 0.101 e. The summed E-state index contributed by atoms with van der Waals surface area (Å²) in [5.41, 5.74) is 3.89. The lowest BCUT2D eigenvalue weighted by Crippen LogP contribution is -1.93. The lowest BCUT2D eigenvalue weighted by molar-refractivity contribution is 1.14. The highest BCUT2D eigenvalue weighted by Gasteiger charge is 2.02. The van der Waals surface area contributed by atoms with Gasteiger partial charge in [-0.05, 0) is 41.3 Å². The second-order valence-electron chi connectivity index (χ2n) is 4.78. The average Bonchev–Trinajstić information content (AvgIpc) is 2.59. The molecule has 3 heteroatoms. The Morgan fingerprint density at radius 3 is 2.32 bits per heavy atom. The maximum atomic E-state index is 9.03. The summed E-state index contributed by atoms with van der Waals surface area (Å²) in [6.45, 7) is 2.12. The van der Waals surface area contributed by atoms with Crippen molar-refractivity contribution in [3.8, 4) is 12.1 Å². The van der Waals surface area contributed by atoms with Crippen LogP contribution in [0.4, 0.5) is 0 Å². The van der Waals surface area contributed by atoms with Crippen LogP contribution >= 0.6 is 12.2 Å². The fourth-order valence-electron chi connectivity index (χ4n) is 2.03. The van der Waals surface area contributed by atoms with E-state index in [1.54, 1.807) is 18.2 Å². The van der Waals surface area contributed by atoms with E-state index in [0.717, 1.165) is 22.4 Å². The number of aryl methyl sites for hydroxylation is 1. The molecule has 106 valence electrons. The summed E-state index contributed by atoms with van der Waals surface area (Å²) in [4.78, 5) is 0.741. The van der Waals surface area contributed by atoms with Crippen molar-refractivity contribution in [2.75, 3.05) is 0 Å². The number of hydrogen-bond acceptors (Lipinski definition) is 3. The van der Waals surface area contributed by atoms with Gasteiger partial charge in [-0.3, -0.25) is 0 Å². The summed E-state index contributed by atoms with van der Waals surface area (Å²) in [5.74, 6) is 0. The van der Waals surface area contributed by atoms with Gasteiger partial charge < -0.3 is 0 Å². The van der Waals surface area contributed by atoms with E-state index in [0.29, 0.717) is 11.1 Å². The molecule has 0 saturated heterocycles. The minimum Gasteiger partial charge on any atom is -0.192 e. The van der Waals surface area contributed by atoms with E-state index in [9.17, 15) is 0 Å². The molecule has 2 nitrogen and oxygen atoms in total. The molecule has 2 aromatic rings. The van der Waals surface area contributed by atoms with Crippen molar-refractivity contribution in [1.29, 1.82) is 10.5 Å². The molecule has 0 bridgehead atoms. The van der Waals surface area contributed by atoms with Gasteiger partial charge in [0, 0.05) is 4.86 Å². The molecule has 0 aliphatic carbocycles. The molecule has 0 amide bonds. The predicted octanol–water partition coefficient (Wildman–Crippen LogP) is 4.42. The fourth-order valence-corrected chi connectivity index (χ4v) is 2.23. The van der Waals surface area contributed by atoms with Gasteiger partial charge >= 0.3 is 0 Å². The normalized spacial score (nSPS) is 10.1. The van der Waals surface area contributed by atoms with Gasteiger partial charge in [-0.1, -0.05) is 55.5 Å². The van der Waals surface area contributed by atoms with Gasteiger partial charge in [0.2, 0.25) is 0 Å². The van der Waals surface area contributed by atoms with E-state index in [1.165, 1.54) is 5.56 Å². The Morgan fingerprint density at radius 1 is 1.05 bits per heavy atom.